The number of ether oxygens (including phenoxy) is 1. The van der Waals surface area contributed by atoms with Crippen molar-refractivity contribution in [3.05, 3.63) is 53.7 Å². The quantitative estimate of drug-likeness (QED) is 0.834. The summed E-state index contributed by atoms with van der Waals surface area (Å²) in [5.74, 6) is -0.765. The van der Waals surface area contributed by atoms with Gasteiger partial charge in [-0.1, -0.05) is 12.1 Å². The lowest BCUT2D eigenvalue weighted by Gasteiger charge is -2.07. The van der Waals surface area contributed by atoms with Crippen molar-refractivity contribution in [1.29, 1.82) is 0 Å². The van der Waals surface area contributed by atoms with E-state index >= 15 is 0 Å². The number of carbonyl (C=O) groups is 2. The summed E-state index contributed by atoms with van der Waals surface area (Å²) < 4.78 is 5.36. The van der Waals surface area contributed by atoms with Crippen LogP contribution in [0.2, 0.25) is 0 Å². The van der Waals surface area contributed by atoms with E-state index in [9.17, 15) is 9.59 Å². The molecule has 2 aromatic rings. The minimum Gasteiger partial charge on any atom is -0.477 e. The molecule has 5 heteroatoms. The number of nitrogens with zero attached hydrogens (tertiary/aromatic N) is 1. The van der Waals surface area contributed by atoms with Crippen LogP contribution in [0.3, 0.4) is 0 Å². The van der Waals surface area contributed by atoms with E-state index in [2.05, 4.69) is 4.98 Å². The van der Waals surface area contributed by atoms with Gasteiger partial charge in [-0.15, -0.1) is 0 Å². The molecule has 0 aliphatic carbocycles. The molecule has 18 heavy (non-hydrogen) atoms. The van der Waals surface area contributed by atoms with Gasteiger partial charge >= 0.3 is 5.97 Å². The Morgan fingerprint density at radius 2 is 2.11 bits per heavy atom. The Bertz CT molecular complexity index is 595. The molecule has 90 valence electrons. The number of carbonyl (C=O) groups excluding carboxylic acids is 1. The molecule has 0 unspecified atom stereocenters. The molecule has 1 aromatic heterocycles. The van der Waals surface area contributed by atoms with Crippen LogP contribution >= 0.6 is 0 Å². The SMILES string of the molecule is O=Cc1cccc(Oc2ncccc2C(=O)O)c1. The molecular weight excluding hydrogens is 234 g/mol. The third kappa shape index (κ3) is 2.52. The van der Waals surface area contributed by atoms with Crippen molar-refractivity contribution >= 4 is 12.3 Å². The molecule has 0 spiro atoms. The highest BCUT2D eigenvalue weighted by molar-refractivity contribution is 5.90. The number of hydrogen-bond acceptors (Lipinski definition) is 4. The Labute approximate surface area is 103 Å². The fourth-order valence-corrected chi connectivity index (χ4v) is 1.40. The minimum absolute atomic E-state index is 0.00644. The van der Waals surface area contributed by atoms with Gasteiger partial charge in [0.05, 0.1) is 0 Å². The van der Waals surface area contributed by atoms with Crippen LogP contribution in [-0.2, 0) is 0 Å². The number of carboxylic acid groups (broad SMARTS) is 1. The maximum Gasteiger partial charge on any atom is 0.341 e. The predicted octanol–water partition coefficient (Wildman–Crippen LogP) is 2.38. The number of hydrogen-bond donors (Lipinski definition) is 1. The molecule has 1 heterocycles. The molecule has 5 nitrogen and oxygen atoms in total. The van der Waals surface area contributed by atoms with Crippen molar-refractivity contribution in [1.82, 2.24) is 4.98 Å². The average molecular weight is 243 g/mol. The molecule has 0 aliphatic heterocycles. The van der Waals surface area contributed by atoms with Crippen LogP contribution in [0, 0.1) is 0 Å². The Morgan fingerprint density at radius 1 is 1.28 bits per heavy atom. The van der Waals surface area contributed by atoms with Crippen molar-refractivity contribution in [2.75, 3.05) is 0 Å². The van der Waals surface area contributed by atoms with E-state index in [-0.39, 0.29) is 11.4 Å². The lowest BCUT2D eigenvalue weighted by molar-refractivity contribution is 0.0693. The number of aldehydes is 1. The normalized spacial score (nSPS) is 9.78. The van der Waals surface area contributed by atoms with Crippen LogP contribution in [0.5, 0.6) is 11.6 Å². The summed E-state index contributed by atoms with van der Waals surface area (Å²) in [5, 5.41) is 8.97. The Kier molecular flexibility index (Phi) is 3.33. The van der Waals surface area contributed by atoms with Crippen LogP contribution in [0.1, 0.15) is 20.7 Å². The highest BCUT2D eigenvalue weighted by atomic mass is 16.5. The summed E-state index contributed by atoms with van der Waals surface area (Å²) in [5.41, 5.74) is 0.411. The molecule has 0 fully saturated rings. The van der Waals surface area contributed by atoms with Gasteiger partial charge in [0, 0.05) is 11.8 Å². The molecule has 1 N–H and O–H groups in total. The summed E-state index contributed by atoms with van der Waals surface area (Å²) in [7, 11) is 0. The lowest BCUT2D eigenvalue weighted by atomic mass is 10.2. The molecule has 1 aromatic carbocycles. The lowest BCUT2D eigenvalue weighted by Crippen LogP contribution is -2.01. The molecule has 0 saturated heterocycles. The van der Waals surface area contributed by atoms with E-state index in [4.69, 9.17) is 9.84 Å². The highest BCUT2D eigenvalue weighted by Crippen LogP contribution is 2.23. The number of carboxylic acids is 1. The Hall–Kier alpha value is -2.69. The first-order chi connectivity index (χ1) is 8.70. The largest absolute Gasteiger partial charge is 0.477 e. The van der Waals surface area contributed by atoms with Gasteiger partial charge in [0.25, 0.3) is 0 Å². The fraction of sp³-hybridized carbons (Fsp3) is 0. The average Bonchev–Trinajstić information content (AvgIpc) is 2.39. The van der Waals surface area contributed by atoms with Crippen molar-refractivity contribution in [3.63, 3.8) is 0 Å². The molecule has 2 rings (SSSR count). The third-order valence-electron chi connectivity index (χ3n) is 2.21. The first-order valence-electron chi connectivity index (χ1n) is 5.12. The first-order valence-corrected chi connectivity index (χ1v) is 5.12. The zero-order valence-corrected chi connectivity index (χ0v) is 9.24. The number of aromatic nitrogens is 1. The number of pyridine rings is 1. The minimum atomic E-state index is -1.12. The summed E-state index contributed by atoms with van der Waals surface area (Å²) in [6.45, 7) is 0. The van der Waals surface area contributed by atoms with Gasteiger partial charge in [0.1, 0.15) is 17.6 Å². The molecule has 0 atom stereocenters. The monoisotopic (exact) mass is 243 g/mol. The van der Waals surface area contributed by atoms with Crippen LogP contribution in [0.4, 0.5) is 0 Å². The zero-order chi connectivity index (χ0) is 13.0. The number of aromatic carboxylic acids is 1. The van der Waals surface area contributed by atoms with E-state index in [0.717, 1.165) is 0 Å². The van der Waals surface area contributed by atoms with Crippen molar-refractivity contribution in [2.24, 2.45) is 0 Å². The van der Waals surface area contributed by atoms with Crippen LogP contribution < -0.4 is 4.74 Å². The first kappa shape index (κ1) is 11.8. The van der Waals surface area contributed by atoms with Gasteiger partial charge in [0.15, 0.2) is 0 Å². The number of rotatable bonds is 4. The summed E-state index contributed by atoms with van der Waals surface area (Å²) in [6.07, 6.45) is 2.12. The second-order valence-corrected chi connectivity index (χ2v) is 3.45. The predicted molar refractivity (Wildman–Crippen MR) is 63.1 cm³/mol. The maximum absolute atomic E-state index is 11.0. The second kappa shape index (κ2) is 5.09. The van der Waals surface area contributed by atoms with Crippen molar-refractivity contribution < 1.29 is 19.4 Å². The smallest absolute Gasteiger partial charge is 0.341 e. The fourth-order valence-electron chi connectivity index (χ4n) is 1.40. The van der Waals surface area contributed by atoms with Crippen LogP contribution in [-0.4, -0.2) is 22.3 Å². The van der Waals surface area contributed by atoms with E-state index in [1.54, 1.807) is 18.2 Å². The van der Waals surface area contributed by atoms with Gasteiger partial charge in [-0.05, 0) is 24.3 Å². The Balaban J connectivity index is 2.33. The van der Waals surface area contributed by atoms with Crippen LogP contribution in [0.15, 0.2) is 42.6 Å². The van der Waals surface area contributed by atoms with E-state index in [1.807, 2.05) is 0 Å². The highest BCUT2D eigenvalue weighted by Gasteiger charge is 2.12. The van der Waals surface area contributed by atoms with Gasteiger partial charge < -0.3 is 9.84 Å². The molecule has 0 saturated carbocycles. The number of benzene rings is 1. The molecule has 0 radical (unpaired) electrons. The van der Waals surface area contributed by atoms with E-state index in [0.29, 0.717) is 17.6 Å². The third-order valence-corrected chi connectivity index (χ3v) is 2.21. The van der Waals surface area contributed by atoms with Crippen molar-refractivity contribution in [2.45, 2.75) is 0 Å². The molecular formula is C13H9NO4. The summed E-state index contributed by atoms with van der Waals surface area (Å²) >= 11 is 0. The van der Waals surface area contributed by atoms with E-state index in [1.165, 1.54) is 24.4 Å². The van der Waals surface area contributed by atoms with Gasteiger partial charge in [0.2, 0.25) is 5.88 Å². The maximum atomic E-state index is 11.0. The standard InChI is InChI=1S/C13H9NO4/c15-8-9-3-1-4-10(7-9)18-12-11(13(16)17)5-2-6-14-12/h1-8H,(H,16,17). The second-order valence-electron chi connectivity index (χ2n) is 3.45. The van der Waals surface area contributed by atoms with E-state index < -0.39 is 5.97 Å². The summed E-state index contributed by atoms with van der Waals surface area (Å²) in [4.78, 5) is 25.4. The zero-order valence-electron chi connectivity index (χ0n) is 9.24. The Morgan fingerprint density at radius 3 is 2.83 bits per heavy atom. The van der Waals surface area contributed by atoms with Crippen molar-refractivity contribution in [3.8, 4) is 11.6 Å². The van der Waals surface area contributed by atoms with Gasteiger partial charge in [-0.25, -0.2) is 9.78 Å². The van der Waals surface area contributed by atoms with Gasteiger partial charge in [-0.2, -0.15) is 0 Å². The van der Waals surface area contributed by atoms with Crippen LogP contribution in [0.25, 0.3) is 0 Å². The molecule has 0 amide bonds. The summed E-state index contributed by atoms with van der Waals surface area (Å²) in [6, 6.07) is 9.30. The topological polar surface area (TPSA) is 76.5 Å². The molecule has 0 aliphatic rings. The van der Waals surface area contributed by atoms with Gasteiger partial charge in [-0.3, -0.25) is 4.79 Å². The molecule has 0 bridgehead atoms.